The number of hydrogen-bond acceptors (Lipinski definition) is 3. The number of nitrogens with zero attached hydrogens (tertiary/aromatic N) is 1. The summed E-state index contributed by atoms with van der Waals surface area (Å²) in [7, 11) is 2.10. The van der Waals surface area contributed by atoms with Gasteiger partial charge in [0.25, 0.3) is 0 Å². The first-order chi connectivity index (χ1) is 7.72. The summed E-state index contributed by atoms with van der Waals surface area (Å²) in [5.74, 6) is 0. The van der Waals surface area contributed by atoms with E-state index in [2.05, 4.69) is 23.8 Å². The quantitative estimate of drug-likeness (QED) is 0.419. The van der Waals surface area contributed by atoms with Crippen LogP contribution in [0.2, 0.25) is 0 Å². The van der Waals surface area contributed by atoms with Gasteiger partial charge in [-0.1, -0.05) is 6.08 Å². The highest BCUT2D eigenvalue weighted by molar-refractivity contribution is 5.51. The van der Waals surface area contributed by atoms with E-state index in [0.717, 1.165) is 37.4 Å². The first kappa shape index (κ1) is 12.6. The highest BCUT2D eigenvalue weighted by atomic mass is 15.1. The van der Waals surface area contributed by atoms with Gasteiger partial charge in [0.05, 0.1) is 0 Å². The van der Waals surface area contributed by atoms with Gasteiger partial charge >= 0.3 is 0 Å². The lowest BCUT2D eigenvalue weighted by molar-refractivity contribution is 0.368. The monoisotopic (exact) mass is 219 g/mol. The maximum atomic E-state index is 5.61. The molecule has 0 amide bonds. The predicted octanol–water partition coefficient (Wildman–Crippen LogP) is 2.19. The van der Waals surface area contributed by atoms with Crippen LogP contribution in [0.25, 0.3) is 0 Å². The zero-order valence-electron chi connectivity index (χ0n) is 9.95. The molecular formula is C13H21N3. The van der Waals surface area contributed by atoms with Crippen molar-refractivity contribution in [3.05, 3.63) is 36.9 Å². The molecule has 0 radical (unpaired) electrons. The minimum Gasteiger partial charge on any atom is -0.399 e. The Kier molecular flexibility index (Phi) is 5.43. The molecule has 0 heterocycles. The zero-order valence-corrected chi connectivity index (χ0v) is 9.95. The normalized spacial score (nSPS) is 10.4. The van der Waals surface area contributed by atoms with Gasteiger partial charge in [0.15, 0.2) is 0 Å². The number of nitrogen functional groups attached to an aromatic ring is 1. The smallest absolute Gasteiger partial charge is 0.0341 e. The fourth-order valence-electron chi connectivity index (χ4n) is 1.49. The van der Waals surface area contributed by atoms with Crippen molar-refractivity contribution < 1.29 is 0 Å². The van der Waals surface area contributed by atoms with Gasteiger partial charge in [0.2, 0.25) is 0 Å². The molecule has 0 aliphatic rings. The van der Waals surface area contributed by atoms with Crippen LogP contribution >= 0.6 is 0 Å². The van der Waals surface area contributed by atoms with Crippen molar-refractivity contribution in [2.24, 2.45) is 0 Å². The van der Waals surface area contributed by atoms with Crippen molar-refractivity contribution in [3.8, 4) is 0 Å². The molecule has 0 aliphatic heterocycles. The Balaban J connectivity index is 2.16. The Morgan fingerprint density at radius 3 is 2.69 bits per heavy atom. The Morgan fingerprint density at radius 2 is 2.06 bits per heavy atom. The van der Waals surface area contributed by atoms with E-state index in [-0.39, 0.29) is 0 Å². The van der Waals surface area contributed by atoms with Crippen LogP contribution in [0, 0.1) is 0 Å². The Hall–Kier alpha value is -1.48. The highest BCUT2D eigenvalue weighted by Crippen LogP contribution is 2.10. The minimum absolute atomic E-state index is 0.802. The molecule has 1 aromatic carbocycles. The standard InChI is InChI=1S/C13H21N3/c1-3-10-16(2)11-4-9-15-13-7-5-12(14)6-8-13/h3,5-8,15H,1,4,9-11,14H2,2H3. The van der Waals surface area contributed by atoms with Gasteiger partial charge in [-0.05, 0) is 44.3 Å². The number of nitrogens with two attached hydrogens (primary N) is 1. The minimum atomic E-state index is 0.802. The van der Waals surface area contributed by atoms with Crippen LogP contribution in [0.15, 0.2) is 36.9 Å². The summed E-state index contributed by atoms with van der Waals surface area (Å²) >= 11 is 0. The fourth-order valence-corrected chi connectivity index (χ4v) is 1.49. The molecule has 16 heavy (non-hydrogen) atoms. The van der Waals surface area contributed by atoms with Crippen LogP contribution in [0.5, 0.6) is 0 Å². The molecule has 0 saturated heterocycles. The molecule has 0 aromatic heterocycles. The second-order valence-electron chi connectivity index (χ2n) is 3.95. The Labute approximate surface area is 97.9 Å². The van der Waals surface area contributed by atoms with Gasteiger partial charge in [-0.3, -0.25) is 0 Å². The van der Waals surface area contributed by atoms with E-state index in [1.807, 2.05) is 30.3 Å². The summed E-state index contributed by atoms with van der Waals surface area (Å²) < 4.78 is 0. The lowest BCUT2D eigenvalue weighted by Crippen LogP contribution is -2.21. The van der Waals surface area contributed by atoms with Crippen molar-refractivity contribution >= 4 is 11.4 Å². The molecule has 0 bridgehead atoms. The van der Waals surface area contributed by atoms with Gasteiger partial charge in [-0.2, -0.15) is 0 Å². The van der Waals surface area contributed by atoms with Crippen molar-refractivity contribution in [1.82, 2.24) is 4.90 Å². The molecule has 0 atom stereocenters. The second-order valence-corrected chi connectivity index (χ2v) is 3.95. The lowest BCUT2D eigenvalue weighted by Gasteiger charge is -2.14. The first-order valence-corrected chi connectivity index (χ1v) is 5.61. The molecule has 88 valence electrons. The third kappa shape index (κ3) is 4.84. The largest absolute Gasteiger partial charge is 0.399 e. The molecule has 1 rings (SSSR count). The van der Waals surface area contributed by atoms with Crippen molar-refractivity contribution in [1.29, 1.82) is 0 Å². The topological polar surface area (TPSA) is 41.3 Å². The first-order valence-electron chi connectivity index (χ1n) is 5.61. The SMILES string of the molecule is C=CCN(C)CCCNc1ccc(N)cc1. The van der Waals surface area contributed by atoms with Crippen LogP contribution in [0.4, 0.5) is 11.4 Å². The predicted molar refractivity (Wildman–Crippen MR) is 71.7 cm³/mol. The molecule has 0 saturated carbocycles. The molecule has 0 spiro atoms. The maximum absolute atomic E-state index is 5.61. The Morgan fingerprint density at radius 1 is 1.38 bits per heavy atom. The maximum Gasteiger partial charge on any atom is 0.0341 e. The summed E-state index contributed by atoms with van der Waals surface area (Å²) in [4.78, 5) is 2.25. The number of hydrogen-bond donors (Lipinski definition) is 2. The van der Waals surface area contributed by atoms with E-state index in [4.69, 9.17) is 5.73 Å². The van der Waals surface area contributed by atoms with Crippen LogP contribution in [-0.2, 0) is 0 Å². The number of likely N-dealkylation sites (N-methyl/N-ethyl adjacent to an activating group) is 1. The number of benzene rings is 1. The van der Waals surface area contributed by atoms with Crippen LogP contribution in [-0.4, -0.2) is 31.6 Å². The zero-order chi connectivity index (χ0) is 11.8. The average molecular weight is 219 g/mol. The van der Waals surface area contributed by atoms with Gasteiger partial charge < -0.3 is 16.0 Å². The third-order valence-electron chi connectivity index (χ3n) is 2.40. The summed E-state index contributed by atoms with van der Waals surface area (Å²) in [5.41, 5.74) is 7.54. The molecule has 3 nitrogen and oxygen atoms in total. The van der Waals surface area contributed by atoms with Gasteiger partial charge in [0.1, 0.15) is 0 Å². The van der Waals surface area contributed by atoms with E-state index in [0.29, 0.717) is 0 Å². The number of nitrogens with one attached hydrogen (secondary N) is 1. The molecule has 3 N–H and O–H groups in total. The third-order valence-corrected chi connectivity index (χ3v) is 2.40. The van der Waals surface area contributed by atoms with E-state index in [1.54, 1.807) is 0 Å². The molecule has 1 aromatic rings. The number of rotatable bonds is 7. The molecule has 0 aliphatic carbocycles. The van der Waals surface area contributed by atoms with Gasteiger partial charge in [-0.25, -0.2) is 0 Å². The van der Waals surface area contributed by atoms with E-state index in [1.165, 1.54) is 0 Å². The van der Waals surface area contributed by atoms with Crippen molar-refractivity contribution in [2.45, 2.75) is 6.42 Å². The summed E-state index contributed by atoms with van der Waals surface area (Å²) in [6.45, 7) is 6.72. The van der Waals surface area contributed by atoms with Crippen LogP contribution < -0.4 is 11.1 Å². The van der Waals surface area contributed by atoms with E-state index < -0.39 is 0 Å². The second kappa shape index (κ2) is 6.90. The Bertz CT molecular complexity index is 305. The average Bonchev–Trinajstić information content (AvgIpc) is 2.27. The highest BCUT2D eigenvalue weighted by Gasteiger charge is 1.95. The summed E-state index contributed by atoms with van der Waals surface area (Å²) in [6, 6.07) is 7.82. The molecule has 3 heteroatoms. The van der Waals surface area contributed by atoms with Crippen LogP contribution in [0.1, 0.15) is 6.42 Å². The fraction of sp³-hybridized carbons (Fsp3) is 0.385. The van der Waals surface area contributed by atoms with Crippen LogP contribution in [0.3, 0.4) is 0 Å². The molecule has 0 fully saturated rings. The van der Waals surface area contributed by atoms with Gasteiger partial charge in [0, 0.05) is 24.5 Å². The molecule has 0 unspecified atom stereocenters. The summed E-state index contributed by atoms with van der Waals surface area (Å²) in [6.07, 6.45) is 3.04. The van der Waals surface area contributed by atoms with E-state index in [9.17, 15) is 0 Å². The number of anilines is 2. The summed E-state index contributed by atoms with van der Waals surface area (Å²) in [5, 5.41) is 3.36. The molecular weight excluding hydrogens is 198 g/mol. The lowest BCUT2D eigenvalue weighted by atomic mass is 10.3. The van der Waals surface area contributed by atoms with Crippen molar-refractivity contribution in [2.75, 3.05) is 37.7 Å². The van der Waals surface area contributed by atoms with Gasteiger partial charge in [-0.15, -0.1) is 6.58 Å². The van der Waals surface area contributed by atoms with Crippen molar-refractivity contribution in [3.63, 3.8) is 0 Å². The van der Waals surface area contributed by atoms with E-state index >= 15 is 0 Å².